The number of carbonyl (C=O) groups is 2. The molecule has 186 valence electrons. The lowest BCUT2D eigenvalue weighted by molar-refractivity contribution is -0.112. The number of carbonyl (C=O) groups excluding carboxylic acids is 2. The van der Waals surface area contributed by atoms with Crippen molar-refractivity contribution in [3.63, 3.8) is 0 Å². The molecule has 0 aliphatic rings. The third kappa shape index (κ3) is 6.77. The number of rotatable bonds is 9. The van der Waals surface area contributed by atoms with Crippen molar-refractivity contribution in [3.05, 3.63) is 69.7 Å². The molecule has 8 nitrogen and oxygen atoms in total. The number of ether oxygens (including phenoxy) is 2. The summed E-state index contributed by atoms with van der Waals surface area (Å²) >= 11 is 1.26. The molecule has 3 aromatic rings. The molecule has 0 spiro atoms. The Morgan fingerprint density at radius 1 is 1.11 bits per heavy atom. The number of aryl methyl sites for hydroxylation is 1. The zero-order valence-electron chi connectivity index (χ0n) is 20.9. The van der Waals surface area contributed by atoms with Crippen molar-refractivity contribution >= 4 is 34.2 Å². The first-order chi connectivity index (χ1) is 17.1. The molecule has 9 heteroatoms. The van der Waals surface area contributed by atoms with E-state index in [1.165, 1.54) is 24.5 Å². The fourth-order valence-electron chi connectivity index (χ4n) is 3.20. The maximum absolute atomic E-state index is 12.6. The van der Waals surface area contributed by atoms with E-state index in [1.807, 2.05) is 25.1 Å². The Labute approximate surface area is 214 Å². The van der Waals surface area contributed by atoms with Gasteiger partial charge in [-0.05, 0) is 41.2 Å². The standard InChI is InChI=1S/C27H28N4O4S/c1-6-24-30-31-26(36-24)29-25(33)19(15-28)13-17-7-12-22(23(14-17)34-5)35-16-21(32)18-8-10-20(11-9-18)27(2,3)4/h7-14H,6,16H2,1-5H3,(H,29,31,33). The molecule has 0 radical (unpaired) electrons. The predicted molar refractivity (Wildman–Crippen MR) is 139 cm³/mol. The lowest BCUT2D eigenvalue weighted by Crippen LogP contribution is -2.14. The number of hydrogen-bond acceptors (Lipinski definition) is 8. The van der Waals surface area contributed by atoms with Crippen LogP contribution in [0.1, 0.15) is 54.2 Å². The molecule has 3 rings (SSSR count). The van der Waals surface area contributed by atoms with E-state index < -0.39 is 5.91 Å². The summed E-state index contributed by atoms with van der Waals surface area (Å²) in [5.74, 6) is -0.00114. The summed E-state index contributed by atoms with van der Waals surface area (Å²) in [7, 11) is 1.47. The average Bonchev–Trinajstić information content (AvgIpc) is 3.33. The molecule has 0 atom stereocenters. The van der Waals surface area contributed by atoms with Crippen molar-refractivity contribution in [2.24, 2.45) is 0 Å². The number of aromatic nitrogens is 2. The van der Waals surface area contributed by atoms with Gasteiger partial charge in [-0.25, -0.2) is 0 Å². The van der Waals surface area contributed by atoms with Gasteiger partial charge in [-0.2, -0.15) is 5.26 Å². The van der Waals surface area contributed by atoms with Gasteiger partial charge in [0.25, 0.3) is 5.91 Å². The van der Waals surface area contributed by atoms with E-state index in [0.717, 1.165) is 10.6 Å². The summed E-state index contributed by atoms with van der Waals surface area (Å²) < 4.78 is 11.1. The first-order valence-electron chi connectivity index (χ1n) is 11.3. The van der Waals surface area contributed by atoms with E-state index >= 15 is 0 Å². The topological polar surface area (TPSA) is 114 Å². The third-order valence-corrected chi connectivity index (χ3v) is 6.27. The van der Waals surface area contributed by atoms with Gasteiger partial charge in [0.05, 0.1) is 7.11 Å². The number of nitrogens with one attached hydrogen (secondary N) is 1. The molecule has 0 aliphatic heterocycles. The van der Waals surface area contributed by atoms with Gasteiger partial charge in [-0.3, -0.25) is 14.9 Å². The SMILES string of the molecule is CCc1nnc(NC(=O)C(C#N)=Cc2ccc(OCC(=O)c3ccc(C(C)(C)C)cc3)c(OC)c2)s1. The van der Waals surface area contributed by atoms with Gasteiger partial charge < -0.3 is 9.47 Å². The Kier molecular flexibility index (Phi) is 8.56. The van der Waals surface area contributed by atoms with Gasteiger partial charge in [-0.15, -0.1) is 10.2 Å². The van der Waals surface area contributed by atoms with Crippen molar-refractivity contribution < 1.29 is 19.1 Å². The van der Waals surface area contributed by atoms with Crippen molar-refractivity contribution in [1.29, 1.82) is 5.26 Å². The predicted octanol–water partition coefficient (Wildman–Crippen LogP) is 5.21. The van der Waals surface area contributed by atoms with E-state index in [-0.39, 0.29) is 23.4 Å². The number of benzene rings is 2. The molecular formula is C27H28N4O4S. The minimum atomic E-state index is -0.585. The van der Waals surface area contributed by atoms with Gasteiger partial charge >= 0.3 is 0 Å². The van der Waals surface area contributed by atoms with Crippen molar-refractivity contribution in [2.45, 2.75) is 39.5 Å². The van der Waals surface area contributed by atoms with Crippen LogP contribution < -0.4 is 14.8 Å². The minimum Gasteiger partial charge on any atom is -0.493 e. The van der Waals surface area contributed by atoms with E-state index in [0.29, 0.717) is 34.2 Å². The molecule has 0 aliphatic carbocycles. The van der Waals surface area contributed by atoms with Crippen LogP contribution in [0.2, 0.25) is 0 Å². The maximum atomic E-state index is 12.6. The van der Waals surface area contributed by atoms with Gasteiger partial charge in [0, 0.05) is 5.56 Å². The van der Waals surface area contributed by atoms with Crippen molar-refractivity contribution in [2.75, 3.05) is 19.0 Å². The number of amides is 1. The first-order valence-corrected chi connectivity index (χ1v) is 12.2. The normalized spacial score (nSPS) is 11.5. The molecule has 1 amide bonds. The highest BCUT2D eigenvalue weighted by Crippen LogP contribution is 2.29. The number of Topliss-reactive ketones (excluding diaryl/α,β-unsaturated/α-hetero) is 1. The number of anilines is 1. The van der Waals surface area contributed by atoms with Crippen LogP contribution in [0.3, 0.4) is 0 Å². The van der Waals surface area contributed by atoms with Crippen LogP contribution in [-0.2, 0) is 16.6 Å². The zero-order chi connectivity index (χ0) is 26.3. The van der Waals surface area contributed by atoms with Crippen LogP contribution in [0.5, 0.6) is 11.5 Å². The van der Waals surface area contributed by atoms with Crippen LogP contribution in [0.25, 0.3) is 6.08 Å². The number of hydrogen-bond donors (Lipinski definition) is 1. The fourth-order valence-corrected chi connectivity index (χ4v) is 3.88. The van der Waals surface area contributed by atoms with Gasteiger partial charge in [0.2, 0.25) is 5.13 Å². The van der Waals surface area contributed by atoms with E-state index in [9.17, 15) is 14.9 Å². The van der Waals surface area contributed by atoms with Crippen molar-refractivity contribution in [3.8, 4) is 17.6 Å². The molecular weight excluding hydrogens is 476 g/mol. The third-order valence-electron chi connectivity index (χ3n) is 5.29. The number of ketones is 1. The smallest absolute Gasteiger partial charge is 0.268 e. The molecule has 2 aromatic carbocycles. The van der Waals surface area contributed by atoms with E-state index in [2.05, 4.69) is 36.3 Å². The summed E-state index contributed by atoms with van der Waals surface area (Å²) in [6.07, 6.45) is 2.14. The second kappa shape index (κ2) is 11.6. The summed E-state index contributed by atoms with van der Waals surface area (Å²) in [5.41, 5.74) is 2.16. The Bertz CT molecular complexity index is 1310. The van der Waals surface area contributed by atoms with E-state index in [1.54, 1.807) is 30.3 Å². The first kappa shape index (κ1) is 26.6. The highest BCUT2D eigenvalue weighted by Gasteiger charge is 2.16. The van der Waals surface area contributed by atoms with Crippen molar-refractivity contribution in [1.82, 2.24) is 10.2 Å². The number of methoxy groups -OCH3 is 1. The summed E-state index contributed by atoms with van der Waals surface area (Å²) in [5, 5.41) is 21.0. The van der Waals surface area contributed by atoms with Crippen LogP contribution >= 0.6 is 11.3 Å². The number of nitriles is 1. The Hall–Kier alpha value is -4.03. The Balaban J connectivity index is 1.69. The molecule has 1 N–H and O–H groups in total. The molecule has 0 unspecified atom stereocenters. The highest BCUT2D eigenvalue weighted by atomic mass is 32.1. The molecule has 0 fully saturated rings. The monoisotopic (exact) mass is 504 g/mol. The summed E-state index contributed by atoms with van der Waals surface area (Å²) in [4.78, 5) is 25.1. The summed E-state index contributed by atoms with van der Waals surface area (Å²) in [6, 6.07) is 14.3. The molecule has 0 saturated heterocycles. The van der Waals surface area contributed by atoms with Crippen LogP contribution in [0, 0.1) is 11.3 Å². The van der Waals surface area contributed by atoms with Gasteiger partial charge in [0.15, 0.2) is 23.9 Å². The Morgan fingerprint density at radius 3 is 2.42 bits per heavy atom. The quantitative estimate of drug-likeness (QED) is 0.242. The zero-order valence-corrected chi connectivity index (χ0v) is 21.7. The van der Waals surface area contributed by atoms with Gasteiger partial charge in [-0.1, -0.05) is 69.4 Å². The molecule has 0 saturated carbocycles. The summed E-state index contributed by atoms with van der Waals surface area (Å²) in [6.45, 7) is 8.13. The fraction of sp³-hybridized carbons (Fsp3) is 0.296. The van der Waals surface area contributed by atoms with Crippen LogP contribution in [-0.4, -0.2) is 35.6 Å². The second-order valence-corrected chi connectivity index (χ2v) is 9.99. The maximum Gasteiger partial charge on any atom is 0.268 e. The van der Waals surface area contributed by atoms with Crippen LogP contribution in [0.15, 0.2) is 48.0 Å². The van der Waals surface area contributed by atoms with E-state index in [4.69, 9.17) is 9.47 Å². The van der Waals surface area contributed by atoms with Gasteiger partial charge in [0.1, 0.15) is 16.6 Å². The average molecular weight is 505 g/mol. The number of nitrogens with zero attached hydrogens (tertiary/aromatic N) is 3. The lowest BCUT2D eigenvalue weighted by atomic mass is 9.86. The van der Waals surface area contributed by atoms with Crippen LogP contribution in [0.4, 0.5) is 5.13 Å². The second-order valence-electron chi connectivity index (χ2n) is 8.93. The highest BCUT2D eigenvalue weighted by molar-refractivity contribution is 7.15. The minimum absolute atomic E-state index is 0.00433. The Morgan fingerprint density at radius 2 is 1.83 bits per heavy atom. The molecule has 1 heterocycles. The lowest BCUT2D eigenvalue weighted by Gasteiger charge is -2.19. The molecule has 1 aromatic heterocycles. The molecule has 0 bridgehead atoms. The largest absolute Gasteiger partial charge is 0.493 e. The molecule has 36 heavy (non-hydrogen) atoms.